The summed E-state index contributed by atoms with van der Waals surface area (Å²) in [5.41, 5.74) is 0. The third-order valence-electron chi connectivity index (χ3n) is 16.0. The maximum absolute atomic E-state index is 12.5. The fraction of sp³-hybridized carbons (Fsp3) is 0.836. The molecule has 1 amide bonds. The van der Waals surface area contributed by atoms with Crippen LogP contribution >= 0.6 is 0 Å². The summed E-state index contributed by atoms with van der Waals surface area (Å²) in [5, 5.41) is 23.2. The average Bonchev–Trinajstić information content (AvgIpc) is 3.45. The van der Waals surface area contributed by atoms with Gasteiger partial charge in [0.2, 0.25) is 5.91 Å². The van der Waals surface area contributed by atoms with Gasteiger partial charge in [-0.1, -0.05) is 319 Å². The number of amides is 1. The summed E-state index contributed by atoms with van der Waals surface area (Å²) < 4.78 is 5.50. The van der Waals surface area contributed by atoms with Gasteiger partial charge in [0.1, 0.15) is 0 Å². The number of carbonyl (C=O) groups excluding carboxylic acids is 2. The smallest absolute Gasteiger partial charge is 0.305 e. The van der Waals surface area contributed by atoms with Crippen molar-refractivity contribution in [2.45, 2.75) is 379 Å². The number of allylic oxidation sites excluding steroid dienone is 9. The molecule has 0 rings (SSSR count). The van der Waals surface area contributed by atoms with Crippen LogP contribution in [0.3, 0.4) is 0 Å². The van der Waals surface area contributed by atoms with E-state index in [2.05, 4.69) is 67.8 Å². The minimum atomic E-state index is -0.850. The highest BCUT2D eigenvalue weighted by molar-refractivity contribution is 5.76. The van der Waals surface area contributed by atoms with Gasteiger partial charge in [-0.2, -0.15) is 0 Å². The van der Waals surface area contributed by atoms with Crippen LogP contribution in [0, 0.1) is 0 Å². The highest BCUT2D eigenvalue weighted by atomic mass is 16.5. The van der Waals surface area contributed by atoms with E-state index in [1.54, 1.807) is 6.08 Å². The van der Waals surface area contributed by atoms with Crippen LogP contribution < -0.4 is 5.32 Å². The summed E-state index contributed by atoms with van der Waals surface area (Å²) in [7, 11) is 0. The molecule has 0 heterocycles. The van der Waals surface area contributed by atoms with Gasteiger partial charge >= 0.3 is 5.97 Å². The van der Waals surface area contributed by atoms with Crippen LogP contribution in [0.5, 0.6) is 0 Å². The van der Waals surface area contributed by atoms with Crippen LogP contribution in [0.15, 0.2) is 60.8 Å². The van der Waals surface area contributed by atoms with E-state index in [9.17, 15) is 19.8 Å². The van der Waals surface area contributed by atoms with E-state index in [-0.39, 0.29) is 18.5 Å². The Kier molecular flexibility index (Phi) is 66.0. The fourth-order valence-corrected chi connectivity index (χ4v) is 10.6. The van der Waals surface area contributed by atoms with Crippen LogP contribution in [0.2, 0.25) is 0 Å². The highest BCUT2D eigenvalue weighted by Gasteiger charge is 2.18. The predicted octanol–water partition coefficient (Wildman–Crippen LogP) is 22.6. The minimum Gasteiger partial charge on any atom is -0.466 e. The molecule has 0 aromatic carbocycles. The largest absolute Gasteiger partial charge is 0.466 e. The van der Waals surface area contributed by atoms with Crippen molar-refractivity contribution in [1.82, 2.24) is 5.32 Å². The Morgan fingerprint density at radius 1 is 0.354 bits per heavy atom. The summed E-state index contributed by atoms with van der Waals surface area (Å²) in [6.07, 6.45) is 90.0. The molecular formula is C73H135NO5. The standard InChI is InChI=1S/C73H135NO5/c1-3-5-7-9-11-13-15-17-19-21-30-35-39-43-47-51-55-59-63-67-73(78)79-68-64-60-56-52-48-44-40-36-32-29-27-25-23-24-26-28-31-34-38-42-46-50-54-58-62-66-72(77)74-70(69-75)71(76)65-61-57-53-49-45-41-37-33-22-20-18-16-14-12-10-8-6-4-2/h11,13,17,19,24-27,61,65,70-71,75-76H,3-10,12,14-16,18,20-23,28-60,62-64,66-69H2,1-2H3,(H,74,77)/b13-11-,19-17-,26-24-,27-25-,65-61+. The molecule has 0 spiro atoms. The van der Waals surface area contributed by atoms with Crippen molar-refractivity contribution in [1.29, 1.82) is 0 Å². The first-order valence-corrected chi connectivity index (χ1v) is 35.1. The molecule has 0 saturated heterocycles. The summed E-state index contributed by atoms with van der Waals surface area (Å²) in [5.74, 6) is -0.0676. The lowest BCUT2D eigenvalue weighted by molar-refractivity contribution is -0.143. The van der Waals surface area contributed by atoms with Gasteiger partial charge in [0.25, 0.3) is 0 Å². The zero-order valence-electron chi connectivity index (χ0n) is 52.9. The van der Waals surface area contributed by atoms with Crippen molar-refractivity contribution in [3.63, 3.8) is 0 Å². The van der Waals surface area contributed by atoms with E-state index in [1.807, 2.05) is 6.08 Å². The molecule has 0 aliphatic carbocycles. The van der Waals surface area contributed by atoms with Crippen LogP contribution in [-0.4, -0.2) is 47.4 Å². The fourth-order valence-electron chi connectivity index (χ4n) is 10.6. The Hall–Kier alpha value is -2.44. The summed E-state index contributed by atoms with van der Waals surface area (Å²) in [4.78, 5) is 24.6. The van der Waals surface area contributed by atoms with Crippen molar-refractivity contribution >= 4 is 11.9 Å². The number of nitrogens with one attached hydrogen (secondary N) is 1. The maximum Gasteiger partial charge on any atom is 0.305 e. The Labute approximate surface area is 492 Å². The van der Waals surface area contributed by atoms with Gasteiger partial charge in [0.05, 0.1) is 25.4 Å². The van der Waals surface area contributed by atoms with E-state index in [1.165, 1.54) is 283 Å². The Morgan fingerprint density at radius 3 is 0.987 bits per heavy atom. The molecule has 79 heavy (non-hydrogen) atoms. The molecule has 2 atom stereocenters. The molecule has 0 radical (unpaired) electrons. The highest BCUT2D eigenvalue weighted by Crippen LogP contribution is 2.17. The number of esters is 1. The zero-order valence-corrected chi connectivity index (χ0v) is 52.9. The molecule has 6 heteroatoms. The van der Waals surface area contributed by atoms with Crippen molar-refractivity contribution in [2.75, 3.05) is 13.2 Å². The molecule has 6 nitrogen and oxygen atoms in total. The summed E-state index contributed by atoms with van der Waals surface area (Å²) in [6.45, 7) is 4.89. The number of ether oxygens (including phenoxy) is 1. The average molecular weight is 1110 g/mol. The number of carbonyl (C=O) groups is 2. The van der Waals surface area contributed by atoms with Crippen LogP contribution in [-0.2, 0) is 14.3 Å². The SMILES string of the molecule is CCCCC/C=C\C/C=C\CCCCCCCCCCCC(=O)OCCCCCCCCCCC/C=C\C/C=C\CCCCCCCCCCCC(=O)NC(CO)C(O)/C=C/CCCCCCCCCCCCCCCCCC. The second-order valence-corrected chi connectivity index (χ2v) is 23.9. The van der Waals surface area contributed by atoms with E-state index in [4.69, 9.17) is 4.74 Å². The molecule has 0 fully saturated rings. The molecule has 0 aromatic rings. The van der Waals surface area contributed by atoms with Gasteiger partial charge < -0.3 is 20.3 Å². The Bertz CT molecular complexity index is 1370. The van der Waals surface area contributed by atoms with Gasteiger partial charge in [-0.3, -0.25) is 9.59 Å². The second kappa shape index (κ2) is 68.1. The zero-order chi connectivity index (χ0) is 57.1. The minimum absolute atomic E-state index is 0.00470. The number of hydrogen-bond donors (Lipinski definition) is 3. The van der Waals surface area contributed by atoms with Crippen LogP contribution in [0.25, 0.3) is 0 Å². The van der Waals surface area contributed by atoms with Gasteiger partial charge in [-0.05, 0) is 96.3 Å². The third kappa shape index (κ3) is 64.6. The van der Waals surface area contributed by atoms with Crippen molar-refractivity contribution in [3.05, 3.63) is 60.8 Å². The van der Waals surface area contributed by atoms with Crippen molar-refractivity contribution in [2.24, 2.45) is 0 Å². The van der Waals surface area contributed by atoms with Crippen LogP contribution in [0.1, 0.15) is 367 Å². The van der Waals surface area contributed by atoms with Gasteiger partial charge in [0, 0.05) is 12.8 Å². The van der Waals surface area contributed by atoms with Crippen molar-refractivity contribution in [3.8, 4) is 0 Å². The van der Waals surface area contributed by atoms with Gasteiger partial charge in [-0.25, -0.2) is 0 Å². The lowest BCUT2D eigenvalue weighted by Gasteiger charge is -2.20. The second-order valence-electron chi connectivity index (χ2n) is 23.9. The molecule has 0 saturated carbocycles. The number of aliphatic hydroxyl groups excluding tert-OH is 2. The third-order valence-corrected chi connectivity index (χ3v) is 16.0. The molecule has 3 N–H and O–H groups in total. The maximum atomic E-state index is 12.5. The number of hydrogen-bond acceptors (Lipinski definition) is 5. The summed E-state index contributed by atoms with van der Waals surface area (Å²) in [6, 6.07) is -0.634. The van der Waals surface area contributed by atoms with Crippen LogP contribution in [0.4, 0.5) is 0 Å². The van der Waals surface area contributed by atoms with E-state index in [0.29, 0.717) is 19.4 Å². The lowest BCUT2D eigenvalue weighted by Crippen LogP contribution is -2.45. The molecule has 0 bridgehead atoms. The van der Waals surface area contributed by atoms with E-state index in [0.717, 1.165) is 57.8 Å². The molecule has 462 valence electrons. The van der Waals surface area contributed by atoms with E-state index < -0.39 is 12.1 Å². The Morgan fingerprint density at radius 2 is 0.633 bits per heavy atom. The topological polar surface area (TPSA) is 95.9 Å². The number of aliphatic hydroxyl groups is 2. The first kappa shape index (κ1) is 76.6. The van der Waals surface area contributed by atoms with Gasteiger partial charge in [-0.15, -0.1) is 0 Å². The number of rotatable bonds is 65. The molecule has 0 aliphatic rings. The Balaban J connectivity index is 3.45. The molecular weight excluding hydrogens is 971 g/mol. The molecule has 0 aliphatic heterocycles. The molecule has 0 aromatic heterocycles. The van der Waals surface area contributed by atoms with Gasteiger partial charge in [0.15, 0.2) is 0 Å². The lowest BCUT2D eigenvalue weighted by atomic mass is 10.0. The van der Waals surface area contributed by atoms with E-state index >= 15 is 0 Å². The first-order chi connectivity index (χ1) is 39.0. The molecule has 2 unspecified atom stereocenters. The normalized spacial score (nSPS) is 12.9. The van der Waals surface area contributed by atoms with Crippen molar-refractivity contribution < 1.29 is 24.5 Å². The summed E-state index contributed by atoms with van der Waals surface area (Å²) >= 11 is 0. The first-order valence-electron chi connectivity index (χ1n) is 35.1. The number of unbranched alkanes of at least 4 members (excludes halogenated alkanes) is 46. The predicted molar refractivity (Wildman–Crippen MR) is 347 cm³/mol. The quantitative estimate of drug-likeness (QED) is 0.0320. The monoisotopic (exact) mass is 1110 g/mol.